The molecule has 1 fully saturated rings. The van der Waals surface area contributed by atoms with Crippen LogP contribution in [0.5, 0.6) is 0 Å². The van der Waals surface area contributed by atoms with Crippen LogP contribution in [0.3, 0.4) is 0 Å². The number of pyridine rings is 1. The van der Waals surface area contributed by atoms with Crippen molar-refractivity contribution in [3.05, 3.63) is 46.3 Å². The van der Waals surface area contributed by atoms with Crippen molar-refractivity contribution >= 4 is 23.1 Å². The number of hydrogen-bond donors (Lipinski definition) is 1. The Balaban J connectivity index is 1.50. The quantitative estimate of drug-likeness (QED) is 0.913. The van der Waals surface area contributed by atoms with Crippen LogP contribution < -0.4 is 10.2 Å². The number of ether oxygens (including phenoxy) is 1. The van der Waals surface area contributed by atoms with E-state index >= 15 is 0 Å². The molecule has 0 saturated carbocycles. The summed E-state index contributed by atoms with van der Waals surface area (Å²) in [4.78, 5) is 19.7. The molecule has 0 spiro atoms. The molecule has 2 aromatic rings. The summed E-state index contributed by atoms with van der Waals surface area (Å²) < 4.78 is 5.55. The van der Waals surface area contributed by atoms with Crippen LogP contribution in [0, 0.1) is 0 Å². The number of nitrogens with zero attached hydrogens (tertiary/aromatic N) is 2. The molecule has 0 bridgehead atoms. The summed E-state index contributed by atoms with van der Waals surface area (Å²) in [6.45, 7) is 5.06. The minimum Gasteiger partial charge on any atom is -0.375 e. The van der Waals surface area contributed by atoms with Crippen LogP contribution in [0.4, 0.5) is 5.82 Å². The van der Waals surface area contributed by atoms with Gasteiger partial charge in [0.2, 0.25) is 5.91 Å². The number of thiophene rings is 1. The number of hydrogen-bond acceptors (Lipinski definition) is 5. The van der Waals surface area contributed by atoms with Crippen molar-refractivity contribution in [1.82, 2.24) is 10.3 Å². The highest BCUT2D eigenvalue weighted by molar-refractivity contribution is 7.10. The first kappa shape index (κ1) is 16.0. The fourth-order valence-corrected chi connectivity index (χ4v) is 3.27. The topological polar surface area (TPSA) is 54.5 Å². The molecule has 0 radical (unpaired) electrons. The lowest BCUT2D eigenvalue weighted by molar-refractivity contribution is -0.120. The molecule has 122 valence electrons. The van der Waals surface area contributed by atoms with Crippen molar-refractivity contribution in [2.75, 3.05) is 24.6 Å². The Morgan fingerprint density at radius 2 is 2.39 bits per heavy atom. The highest BCUT2D eigenvalue weighted by atomic mass is 32.1. The Morgan fingerprint density at radius 3 is 3.09 bits per heavy atom. The normalized spacial score (nSPS) is 18.0. The molecule has 0 unspecified atom stereocenters. The molecule has 1 N–H and O–H groups in total. The Kier molecular flexibility index (Phi) is 5.25. The maximum Gasteiger partial charge on any atom is 0.225 e. The van der Waals surface area contributed by atoms with Crippen LogP contribution in [0.15, 0.2) is 35.8 Å². The smallest absolute Gasteiger partial charge is 0.225 e. The van der Waals surface area contributed by atoms with E-state index < -0.39 is 0 Å². The van der Waals surface area contributed by atoms with Gasteiger partial charge >= 0.3 is 0 Å². The van der Waals surface area contributed by atoms with Crippen molar-refractivity contribution in [3.63, 3.8) is 0 Å². The number of rotatable bonds is 5. The van der Waals surface area contributed by atoms with Gasteiger partial charge in [0.15, 0.2) is 0 Å². The third-order valence-electron chi connectivity index (χ3n) is 3.78. The van der Waals surface area contributed by atoms with Crippen molar-refractivity contribution in [2.45, 2.75) is 26.0 Å². The largest absolute Gasteiger partial charge is 0.375 e. The average molecular weight is 331 g/mol. The minimum atomic E-state index is 0.0403. The van der Waals surface area contributed by atoms with Gasteiger partial charge in [-0.3, -0.25) is 4.79 Å². The maximum atomic E-state index is 11.9. The predicted octanol–water partition coefficient (Wildman–Crippen LogP) is 2.23. The second-order valence-corrected chi connectivity index (χ2v) is 6.72. The lowest BCUT2D eigenvalue weighted by Crippen LogP contribution is -2.41. The second-order valence-electron chi connectivity index (χ2n) is 5.68. The van der Waals surface area contributed by atoms with Crippen molar-refractivity contribution in [1.29, 1.82) is 0 Å². The number of morpholine rings is 1. The van der Waals surface area contributed by atoms with Gasteiger partial charge < -0.3 is 15.0 Å². The van der Waals surface area contributed by atoms with Crippen LogP contribution >= 0.6 is 11.3 Å². The van der Waals surface area contributed by atoms with Crippen LogP contribution in [0.1, 0.15) is 17.4 Å². The van der Waals surface area contributed by atoms with E-state index in [1.54, 1.807) is 11.3 Å². The number of carbonyl (C=O) groups excluding carboxylic acids is 1. The van der Waals surface area contributed by atoms with E-state index in [0.717, 1.165) is 36.0 Å². The van der Waals surface area contributed by atoms with Gasteiger partial charge in [-0.25, -0.2) is 4.98 Å². The van der Waals surface area contributed by atoms with E-state index in [-0.39, 0.29) is 12.0 Å². The first-order chi connectivity index (χ1) is 11.2. The number of anilines is 1. The first-order valence-electron chi connectivity index (χ1n) is 7.81. The molecule has 1 saturated heterocycles. The summed E-state index contributed by atoms with van der Waals surface area (Å²) >= 11 is 1.60. The van der Waals surface area contributed by atoms with Crippen molar-refractivity contribution in [2.24, 2.45) is 0 Å². The number of aromatic nitrogens is 1. The van der Waals surface area contributed by atoms with Crippen LogP contribution in [-0.2, 0) is 22.5 Å². The zero-order valence-corrected chi connectivity index (χ0v) is 14.0. The lowest BCUT2D eigenvalue weighted by atomic mass is 10.2. The fourth-order valence-electron chi connectivity index (χ4n) is 2.57. The number of nitrogens with one attached hydrogen (secondary N) is 1. The van der Waals surface area contributed by atoms with Gasteiger partial charge in [-0.1, -0.05) is 12.1 Å². The van der Waals surface area contributed by atoms with Gasteiger partial charge in [-0.15, -0.1) is 11.3 Å². The van der Waals surface area contributed by atoms with Gasteiger partial charge in [-0.05, 0) is 30.0 Å². The molecular formula is C17H21N3O2S. The molecule has 3 rings (SSSR count). The highest BCUT2D eigenvalue weighted by Crippen LogP contribution is 2.15. The Bertz CT molecular complexity index is 628. The van der Waals surface area contributed by atoms with Crippen LogP contribution in [-0.4, -0.2) is 36.7 Å². The zero-order chi connectivity index (χ0) is 16.1. The van der Waals surface area contributed by atoms with E-state index in [1.165, 1.54) is 0 Å². The maximum absolute atomic E-state index is 11.9. The lowest BCUT2D eigenvalue weighted by Gasteiger charge is -2.32. The zero-order valence-electron chi connectivity index (χ0n) is 13.2. The number of carbonyl (C=O) groups is 1. The molecule has 3 heterocycles. The van der Waals surface area contributed by atoms with Gasteiger partial charge in [0.05, 0.1) is 19.1 Å². The van der Waals surface area contributed by atoms with E-state index in [1.807, 2.05) is 35.8 Å². The SMILES string of the molecule is C[C@H]1CN(c2ccc(CNC(=O)Cc3cccs3)cn2)CCO1. The van der Waals surface area contributed by atoms with Gasteiger partial charge in [0, 0.05) is 30.7 Å². The molecule has 0 aliphatic carbocycles. The third-order valence-corrected chi connectivity index (χ3v) is 4.66. The molecule has 1 aliphatic rings. The third kappa shape index (κ3) is 4.53. The summed E-state index contributed by atoms with van der Waals surface area (Å²) in [5, 5.41) is 4.92. The Morgan fingerprint density at radius 1 is 1.48 bits per heavy atom. The van der Waals surface area contributed by atoms with Crippen LogP contribution in [0.2, 0.25) is 0 Å². The molecule has 2 aromatic heterocycles. The minimum absolute atomic E-state index is 0.0403. The average Bonchev–Trinajstić information content (AvgIpc) is 3.06. The van der Waals surface area contributed by atoms with Crippen molar-refractivity contribution < 1.29 is 9.53 Å². The molecular weight excluding hydrogens is 310 g/mol. The molecule has 6 heteroatoms. The van der Waals surface area contributed by atoms with Gasteiger partial charge in [0.1, 0.15) is 5.82 Å². The monoisotopic (exact) mass is 331 g/mol. The first-order valence-corrected chi connectivity index (χ1v) is 8.69. The summed E-state index contributed by atoms with van der Waals surface area (Å²) in [5.41, 5.74) is 1.01. The van der Waals surface area contributed by atoms with Crippen molar-refractivity contribution in [3.8, 4) is 0 Å². The van der Waals surface area contributed by atoms with E-state index in [4.69, 9.17) is 4.74 Å². The molecule has 1 aliphatic heterocycles. The Labute approximate surface area is 140 Å². The van der Waals surface area contributed by atoms with Gasteiger partial charge in [-0.2, -0.15) is 0 Å². The summed E-state index contributed by atoms with van der Waals surface area (Å²) in [7, 11) is 0. The van der Waals surface area contributed by atoms with Gasteiger partial charge in [0.25, 0.3) is 0 Å². The van der Waals surface area contributed by atoms with E-state index in [2.05, 4.69) is 22.1 Å². The standard InChI is InChI=1S/C17H21N3O2S/c1-13-12-20(6-7-22-13)16-5-4-14(10-18-16)11-19-17(21)9-15-3-2-8-23-15/h2-5,8,10,13H,6-7,9,11-12H2,1H3,(H,19,21)/t13-/m0/s1. The van der Waals surface area contributed by atoms with Crippen LogP contribution in [0.25, 0.3) is 0 Å². The summed E-state index contributed by atoms with van der Waals surface area (Å²) in [6.07, 6.45) is 2.51. The number of amides is 1. The molecule has 5 nitrogen and oxygen atoms in total. The molecule has 0 aromatic carbocycles. The summed E-state index contributed by atoms with van der Waals surface area (Å²) in [5.74, 6) is 1.01. The van der Waals surface area contributed by atoms with E-state index in [0.29, 0.717) is 13.0 Å². The fraction of sp³-hybridized carbons (Fsp3) is 0.412. The predicted molar refractivity (Wildman–Crippen MR) is 91.7 cm³/mol. The van der Waals surface area contributed by atoms with E-state index in [9.17, 15) is 4.79 Å². The molecule has 23 heavy (non-hydrogen) atoms. The highest BCUT2D eigenvalue weighted by Gasteiger charge is 2.17. The second kappa shape index (κ2) is 7.57. The molecule has 1 atom stereocenters. The summed E-state index contributed by atoms with van der Waals surface area (Å²) in [6, 6.07) is 7.97. The Hall–Kier alpha value is -1.92. The molecule has 1 amide bonds.